The summed E-state index contributed by atoms with van der Waals surface area (Å²) in [5.41, 5.74) is 5.11. The van der Waals surface area contributed by atoms with E-state index in [1.54, 1.807) is 6.07 Å². The molecule has 3 aromatic rings. The molecule has 1 aliphatic heterocycles. The number of hydrogen-bond donors (Lipinski definition) is 4. The fourth-order valence-electron chi connectivity index (χ4n) is 4.81. The Balaban J connectivity index is 1.39. The molecule has 2 amide bonds. The third-order valence-electron chi connectivity index (χ3n) is 7.70. The molecule has 1 aromatic heterocycles. The Hall–Kier alpha value is -4.50. The molecule has 4 N–H and O–H groups in total. The number of rotatable bonds is 13. The van der Waals surface area contributed by atoms with Crippen molar-refractivity contribution in [1.29, 1.82) is 0 Å². The molecule has 46 heavy (non-hydrogen) atoms. The number of carbonyl (C=O) groups excluding carboxylic acids is 2. The number of aryl methyl sites for hydroxylation is 1. The van der Waals surface area contributed by atoms with Gasteiger partial charge >= 0.3 is 5.97 Å². The summed E-state index contributed by atoms with van der Waals surface area (Å²) < 4.78 is 0. The first-order valence-electron chi connectivity index (χ1n) is 15.7. The number of thiophene rings is 1. The summed E-state index contributed by atoms with van der Waals surface area (Å²) in [7, 11) is 0. The number of benzene rings is 2. The lowest BCUT2D eigenvalue weighted by Crippen LogP contribution is -2.51. The van der Waals surface area contributed by atoms with Gasteiger partial charge in [-0.1, -0.05) is 94.8 Å². The number of nitrogens with one attached hydrogen (secondary N) is 3. The highest BCUT2D eigenvalue weighted by molar-refractivity contribution is 7.14. The molecule has 8 nitrogen and oxygen atoms in total. The van der Waals surface area contributed by atoms with Crippen LogP contribution < -0.4 is 16.0 Å². The predicted octanol–water partition coefficient (Wildman–Crippen LogP) is 6.59. The zero-order valence-corrected chi connectivity index (χ0v) is 28.0. The number of allylic oxidation sites excluding steroid dienone is 2. The lowest BCUT2D eigenvalue weighted by molar-refractivity contribution is -0.141. The van der Waals surface area contributed by atoms with Gasteiger partial charge in [0.25, 0.3) is 5.91 Å². The van der Waals surface area contributed by atoms with Gasteiger partial charge in [0.1, 0.15) is 18.2 Å². The van der Waals surface area contributed by atoms with E-state index in [1.807, 2.05) is 48.8 Å². The van der Waals surface area contributed by atoms with Gasteiger partial charge in [-0.2, -0.15) is 0 Å². The molecule has 0 saturated carbocycles. The molecule has 242 valence electrons. The average Bonchev–Trinajstić information content (AvgIpc) is 3.55. The molecule has 2 aromatic carbocycles. The van der Waals surface area contributed by atoms with Crippen molar-refractivity contribution in [3.05, 3.63) is 111 Å². The van der Waals surface area contributed by atoms with Crippen LogP contribution in [0.1, 0.15) is 90.4 Å². The van der Waals surface area contributed by atoms with Crippen LogP contribution in [-0.4, -0.2) is 41.2 Å². The quantitative estimate of drug-likeness (QED) is 0.168. The molecule has 9 heteroatoms. The number of carboxylic acids is 1. The fourth-order valence-corrected chi connectivity index (χ4v) is 5.77. The maximum Gasteiger partial charge on any atom is 0.325 e. The highest BCUT2D eigenvalue weighted by atomic mass is 32.1. The summed E-state index contributed by atoms with van der Waals surface area (Å²) in [5.74, 6) is -2.08. The van der Waals surface area contributed by atoms with Crippen LogP contribution in [0.5, 0.6) is 0 Å². The summed E-state index contributed by atoms with van der Waals surface area (Å²) in [4.78, 5) is 43.8. The zero-order valence-electron chi connectivity index (χ0n) is 27.2. The largest absolute Gasteiger partial charge is 0.480 e. The molecule has 4 rings (SSSR count). The van der Waals surface area contributed by atoms with Crippen molar-refractivity contribution >= 4 is 41.4 Å². The Labute approximate surface area is 275 Å². The second-order valence-corrected chi connectivity index (χ2v) is 13.7. The first-order valence-corrected chi connectivity index (χ1v) is 16.5. The van der Waals surface area contributed by atoms with Crippen LogP contribution in [0, 0.1) is 0 Å². The Bertz CT molecular complexity index is 1600. The minimum absolute atomic E-state index is 0.107. The minimum Gasteiger partial charge on any atom is -0.480 e. The van der Waals surface area contributed by atoms with Crippen LogP contribution in [-0.2, 0) is 27.8 Å². The minimum atomic E-state index is -1.15. The van der Waals surface area contributed by atoms with Gasteiger partial charge in [-0.15, -0.1) is 11.3 Å². The lowest BCUT2D eigenvalue weighted by atomic mass is 9.95. The maximum atomic E-state index is 13.1. The number of carboxylic acid groups (broad SMARTS) is 1. The van der Waals surface area contributed by atoms with Crippen LogP contribution in [0.3, 0.4) is 0 Å². The standard InChI is InChI=1S/C37H44N4O4S/c1-6-7-8-25-9-11-26(12-10-25)13-14-28-22-38-33(39-23-28)29-17-15-27(16-18-29)21-30(34(42)40-24(2)36(44)45)41-35(43)31-19-20-32(46-31)37(3,4)5/h9-20,22-24,30,33,38H,6-8,21H2,1-5H3,(H,40,42)(H,41,43)(H,44,45)/b14-13+/t24-,30+,33?/m1/s1. The van der Waals surface area contributed by atoms with Crippen LogP contribution in [0.2, 0.25) is 0 Å². The predicted molar refractivity (Wildman–Crippen MR) is 186 cm³/mol. The number of aliphatic imine (C=N–C) groups is 1. The second kappa shape index (κ2) is 15.7. The Morgan fingerprint density at radius 3 is 2.26 bits per heavy atom. The molecule has 0 spiro atoms. The van der Waals surface area contributed by atoms with E-state index in [1.165, 1.54) is 36.7 Å². The van der Waals surface area contributed by atoms with Crippen LogP contribution in [0.15, 0.2) is 83.5 Å². The average molecular weight is 641 g/mol. The summed E-state index contributed by atoms with van der Waals surface area (Å²) in [6.45, 7) is 9.81. The summed E-state index contributed by atoms with van der Waals surface area (Å²) in [5, 5.41) is 18.0. The highest BCUT2D eigenvalue weighted by Crippen LogP contribution is 2.29. The number of nitrogens with zero attached hydrogens (tertiary/aromatic N) is 1. The molecule has 0 radical (unpaired) electrons. The molecule has 1 unspecified atom stereocenters. The molecule has 2 heterocycles. The number of carbonyl (C=O) groups is 3. The molecule has 0 fully saturated rings. The molecule has 0 saturated heterocycles. The van der Waals surface area contributed by atoms with Crippen molar-refractivity contribution in [1.82, 2.24) is 16.0 Å². The van der Waals surface area contributed by atoms with Gasteiger partial charge in [-0.25, -0.2) is 0 Å². The van der Waals surface area contributed by atoms with Gasteiger partial charge in [0.05, 0.1) is 4.88 Å². The molecule has 0 bridgehead atoms. The molecule has 3 atom stereocenters. The van der Waals surface area contributed by atoms with Gasteiger partial charge in [0.15, 0.2) is 0 Å². The Morgan fingerprint density at radius 2 is 1.67 bits per heavy atom. The van der Waals surface area contributed by atoms with E-state index < -0.39 is 24.0 Å². The van der Waals surface area contributed by atoms with Crippen LogP contribution >= 0.6 is 11.3 Å². The Kier molecular flexibility index (Phi) is 11.7. The fraction of sp³-hybridized carbons (Fsp3) is 0.351. The van der Waals surface area contributed by atoms with E-state index in [-0.39, 0.29) is 23.9 Å². The summed E-state index contributed by atoms with van der Waals surface area (Å²) >= 11 is 1.38. The highest BCUT2D eigenvalue weighted by Gasteiger charge is 2.26. The smallest absolute Gasteiger partial charge is 0.325 e. The summed E-state index contributed by atoms with van der Waals surface area (Å²) in [6.07, 6.45) is 11.3. The third kappa shape index (κ3) is 9.75. The first kappa shape index (κ1) is 34.4. The topological polar surface area (TPSA) is 120 Å². The van der Waals surface area contributed by atoms with Crippen molar-refractivity contribution in [2.45, 2.75) is 84.0 Å². The van der Waals surface area contributed by atoms with Crippen LogP contribution in [0.25, 0.3) is 6.08 Å². The molecule has 1 aliphatic rings. The maximum absolute atomic E-state index is 13.1. The zero-order chi connectivity index (χ0) is 33.3. The first-order chi connectivity index (χ1) is 21.9. The van der Waals surface area contributed by atoms with E-state index in [0.29, 0.717) is 4.88 Å². The van der Waals surface area contributed by atoms with Crippen molar-refractivity contribution < 1.29 is 19.5 Å². The van der Waals surface area contributed by atoms with Crippen molar-refractivity contribution in [3.8, 4) is 0 Å². The van der Waals surface area contributed by atoms with E-state index in [2.05, 4.69) is 79.0 Å². The second-order valence-electron chi connectivity index (χ2n) is 12.6. The summed E-state index contributed by atoms with van der Waals surface area (Å²) in [6, 6.07) is 17.9. The third-order valence-corrected chi connectivity index (χ3v) is 9.21. The van der Waals surface area contributed by atoms with Gasteiger partial charge in [-0.05, 0) is 59.6 Å². The van der Waals surface area contributed by atoms with E-state index in [9.17, 15) is 19.5 Å². The normalized spacial score (nSPS) is 15.9. The van der Waals surface area contributed by atoms with E-state index in [0.717, 1.165) is 33.6 Å². The molecule has 0 aliphatic carbocycles. The SMILES string of the molecule is CCCCc1ccc(/C=C/C2=CNC(c3ccc(C[C@H](NC(=O)c4ccc(C(C)(C)C)s4)C(=O)N[C@H](C)C(=O)O)cc3)N=C2)cc1. The van der Waals surface area contributed by atoms with Crippen molar-refractivity contribution in [2.75, 3.05) is 0 Å². The number of aliphatic carboxylic acids is 1. The number of hydrogen-bond acceptors (Lipinski definition) is 6. The lowest BCUT2D eigenvalue weighted by Gasteiger charge is -2.21. The monoisotopic (exact) mass is 640 g/mol. The van der Waals surface area contributed by atoms with Gasteiger partial charge in [0, 0.05) is 29.3 Å². The van der Waals surface area contributed by atoms with Gasteiger partial charge in [-0.3, -0.25) is 19.4 Å². The molecular weight excluding hydrogens is 596 g/mol. The van der Waals surface area contributed by atoms with Crippen molar-refractivity contribution in [3.63, 3.8) is 0 Å². The number of amides is 2. The van der Waals surface area contributed by atoms with Crippen LogP contribution in [0.4, 0.5) is 0 Å². The Morgan fingerprint density at radius 1 is 0.978 bits per heavy atom. The van der Waals surface area contributed by atoms with Gasteiger partial charge in [0.2, 0.25) is 5.91 Å². The van der Waals surface area contributed by atoms with Crippen molar-refractivity contribution in [2.24, 2.45) is 4.99 Å². The van der Waals surface area contributed by atoms with E-state index >= 15 is 0 Å². The van der Waals surface area contributed by atoms with E-state index in [4.69, 9.17) is 0 Å². The molecular formula is C37H44N4O4S. The number of unbranched alkanes of at least 4 members (excludes halogenated alkanes) is 1. The van der Waals surface area contributed by atoms with Gasteiger partial charge < -0.3 is 21.1 Å².